The Morgan fingerprint density at radius 1 is 1.34 bits per heavy atom. The Morgan fingerprint density at radius 3 is 2.66 bits per heavy atom. The second-order valence-corrected chi connectivity index (χ2v) is 6.53. The lowest BCUT2D eigenvalue weighted by Gasteiger charge is -2.41. The van der Waals surface area contributed by atoms with Gasteiger partial charge in [0.1, 0.15) is 6.04 Å². The summed E-state index contributed by atoms with van der Waals surface area (Å²) in [5.41, 5.74) is -1.24. The van der Waals surface area contributed by atoms with E-state index in [1.165, 1.54) is 18.1 Å². The molecule has 2 rings (SSSR count). The van der Waals surface area contributed by atoms with Crippen molar-refractivity contribution in [3.8, 4) is 6.07 Å². The van der Waals surface area contributed by atoms with Crippen LogP contribution in [0.4, 0.5) is 18.9 Å². The average molecular weight is 412 g/mol. The molecule has 1 aromatic rings. The van der Waals surface area contributed by atoms with Gasteiger partial charge < -0.3 is 19.9 Å². The maximum absolute atomic E-state index is 13.3. The van der Waals surface area contributed by atoms with Crippen molar-refractivity contribution in [3.05, 3.63) is 29.3 Å². The predicted octanol–water partition coefficient (Wildman–Crippen LogP) is 1.77. The van der Waals surface area contributed by atoms with Crippen molar-refractivity contribution >= 4 is 17.5 Å². The number of carbonyl (C=O) groups is 2. The van der Waals surface area contributed by atoms with Crippen LogP contribution >= 0.6 is 0 Å². The first-order chi connectivity index (χ1) is 13.7. The number of rotatable bonds is 6. The van der Waals surface area contributed by atoms with Crippen LogP contribution in [0.3, 0.4) is 0 Å². The molecule has 2 amide bonds. The molecule has 0 aliphatic carbocycles. The quantitative estimate of drug-likeness (QED) is 0.720. The third kappa shape index (κ3) is 5.38. The van der Waals surface area contributed by atoms with Gasteiger partial charge in [-0.2, -0.15) is 18.4 Å². The van der Waals surface area contributed by atoms with Crippen LogP contribution in [-0.2, 0) is 20.5 Å². The highest BCUT2D eigenvalue weighted by molar-refractivity contribution is 5.88. The van der Waals surface area contributed by atoms with Crippen LogP contribution in [0.1, 0.15) is 24.5 Å². The van der Waals surface area contributed by atoms with Crippen molar-refractivity contribution in [1.82, 2.24) is 10.2 Å². The number of nitriles is 1. The number of benzene rings is 1. The summed E-state index contributed by atoms with van der Waals surface area (Å²) in [6.45, 7) is 2.77. The van der Waals surface area contributed by atoms with Crippen LogP contribution in [0.2, 0.25) is 0 Å². The number of halogens is 3. The molecule has 10 heteroatoms. The lowest BCUT2D eigenvalue weighted by molar-refractivity contribution is -0.140. The topological polar surface area (TPSA) is 85.7 Å². The highest BCUT2D eigenvalue weighted by Crippen LogP contribution is 2.35. The molecule has 0 spiro atoms. The summed E-state index contributed by atoms with van der Waals surface area (Å²) >= 11 is 0. The first kappa shape index (κ1) is 22.5. The minimum atomic E-state index is -4.67. The maximum Gasteiger partial charge on any atom is 0.417 e. The zero-order valence-electron chi connectivity index (χ0n) is 16.3. The summed E-state index contributed by atoms with van der Waals surface area (Å²) < 4.78 is 44.7. The predicted molar refractivity (Wildman–Crippen MR) is 99.0 cm³/mol. The Hall–Kier alpha value is -2.80. The van der Waals surface area contributed by atoms with Crippen LogP contribution < -0.4 is 10.2 Å². The molecule has 0 saturated carbocycles. The van der Waals surface area contributed by atoms with Crippen LogP contribution in [0.5, 0.6) is 0 Å². The molecule has 158 valence electrons. The van der Waals surface area contributed by atoms with E-state index in [2.05, 4.69) is 5.32 Å². The highest BCUT2D eigenvalue weighted by atomic mass is 19.4. The number of nitrogens with zero attached hydrogens (tertiary/aromatic N) is 3. The van der Waals surface area contributed by atoms with Crippen molar-refractivity contribution < 1.29 is 27.5 Å². The summed E-state index contributed by atoms with van der Waals surface area (Å²) in [6.07, 6.45) is -4.45. The van der Waals surface area contributed by atoms with E-state index in [0.717, 1.165) is 12.1 Å². The molecule has 0 bridgehead atoms. The fourth-order valence-electron chi connectivity index (χ4n) is 3.20. The third-order valence-corrected chi connectivity index (χ3v) is 4.71. The van der Waals surface area contributed by atoms with Gasteiger partial charge in [0, 0.05) is 45.4 Å². The van der Waals surface area contributed by atoms with Crippen molar-refractivity contribution in [2.24, 2.45) is 0 Å². The second kappa shape index (κ2) is 9.60. The number of carbonyl (C=O) groups excluding carboxylic acids is 2. The van der Waals surface area contributed by atoms with Gasteiger partial charge in [-0.15, -0.1) is 0 Å². The van der Waals surface area contributed by atoms with Crippen molar-refractivity contribution in [3.63, 3.8) is 0 Å². The van der Waals surface area contributed by atoms with E-state index >= 15 is 0 Å². The first-order valence-electron chi connectivity index (χ1n) is 9.15. The molecule has 7 nitrogen and oxygen atoms in total. The van der Waals surface area contributed by atoms with E-state index in [9.17, 15) is 22.8 Å². The molecule has 0 radical (unpaired) electrons. The van der Waals surface area contributed by atoms with Gasteiger partial charge in [0.05, 0.1) is 23.8 Å². The Bertz CT molecular complexity index is 792. The summed E-state index contributed by atoms with van der Waals surface area (Å²) in [4.78, 5) is 27.9. The van der Waals surface area contributed by atoms with Crippen LogP contribution in [0.15, 0.2) is 18.2 Å². The van der Waals surface area contributed by atoms with Crippen LogP contribution in [0, 0.1) is 11.3 Å². The van der Waals surface area contributed by atoms with E-state index < -0.39 is 29.3 Å². The van der Waals surface area contributed by atoms with Gasteiger partial charge >= 0.3 is 6.18 Å². The lowest BCUT2D eigenvalue weighted by Crippen LogP contribution is -2.61. The molecule has 1 fully saturated rings. The number of hydrogen-bond acceptors (Lipinski definition) is 5. The van der Waals surface area contributed by atoms with E-state index in [0.29, 0.717) is 6.61 Å². The molecule has 1 aliphatic heterocycles. The largest absolute Gasteiger partial charge is 0.417 e. The van der Waals surface area contributed by atoms with Crippen molar-refractivity contribution in [2.75, 3.05) is 44.8 Å². The Morgan fingerprint density at radius 2 is 2.07 bits per heavy atom. The van der Waals surface area contributed by atoms with Gasteiger partial charge in [-0.1, -0.05) is 6.92 Å². The maximum atomic E-state index is 13.3. The molecule has 1 aromatic carbocycles. The lowest BCUT2D eigenvalue weighted by atomic mass is 10.0. The van der Waals surface area contributed by atoms with E-state index in [-0.39, 0.29) is 44.2 Å². The minimum Gasteiger partial charge on any atom is -0.383 e. The van der Waals surface area contributed by atoms with Gasteiger partial charge in [-0.05, 0) is 18.2 Å². The summed E-state index contributed by atoms with van der Waals surface area (Å²) in [5, 5.41) is 11.6. The summed E-state index contributed by atoms with van der Waals surface area (Å²) in [6, 6.07) is 4.17. The molecule has 1 heterocycles. The molecule has 29 heavy (non-hydrogen) atoms. The molecule has 0 aromatic heterocycles. The van der Waals surface area contributed by atoms with Crippen molar-refractivity contribution in [1.29, 1.82) is 5.26 Å². The molecule has 1 N–H and O–H groups in total. The standard InChI is InChI=1S/C19H23F3N4O3/c1-3-17(27)26-8-7-25(12-16(26)18(28)24-6-9-29-2)14-5-4-13(11-23)15(10-14)19(20,21)22/h4-5,10,16H,3,6-9,12H2,1-2H3,(H,24,28). The summed E-state index contributed by atoms with van der Waals surface area (Å²) in [7, 11) is 1.49. The number of piperazine rings is 1. The number of amides is 2. The third-order valence-electron chi connectivity index (χ3n) is 4.71. The number of alkyl halides is 3. The first-order valence-corrected chi connectivity index (χ1v) is 9.15. The Balaban J connectivity index is 2.28. The molecule has 1 aliphatic rings. The zero-order chi connectivity index (χ0) is 21.6. The summed E-state index contributed by atoms with van der Waals surface area (Å²) in [5.74, 6) is -0.592. The van der Waals surface area contributed by atoms with Gasteiger partial charge in [-0.25, -0.2) is 0 Å². The fraction of sp³-hybridized carbons (Fsp3) is 0.526. The smallest absolute Gasteiger partial charge is 0.383 e. The number of anilines is 1. The van der Waals surface area contributed by atoms with E-state index in [1.54, 1.807) is 17.9 Å². The van der Waals surface area contributed by atoms with E-state index in [4.69, 9.17) is 10.00 Å². The van der Waals surface area contributed by atoms with Gasteiger partial charge in [0.2, 0.25) is 11.8 Å². The zero-order valence-corrected chi connectivity index (χ0v) is 16.3. The molecular formula is C19H23F3N4O3. The van der Waals surface area contributed by atoms with Crippen molar-refractivity contribution in [2.45, 2.75) is 25.6 Å². The monoisotopic (exact) mass is 412 g/mol. The van der Waals surface area contributed by atoms with Gasteiger partial charge in [-0.3, -0.25) is 9.59 Å². The van der Waals surface area contributed by atoms with Crippen LogP contribution in [0.25, 0.3) is 0 Å². The normalized spacial score (nSPS) is 17.0. The number of ether oxygens (including phenoxy) is 1. The highest BCUT2D eigenvalue weighted by Gasteiger charge is 2.37. The van der Waals surface area contributed by atoms with Crippen LogP contribution in [-0.4, -0.2) is 62.7 Å². The minimum absolute atomic E-state index is 0.0494. The van der Waals surface area contributed by atoms with Gasteiger partial charge in [0.15, 0.2) is 0 Å². The number of nitrogens with one attached hydrogen (secondary N) is 1. The Labute approximate surface area is 167 Å². The average Bonchev–Trinajstić information content (AvgIpc) is 2.71. The van der Waals surface area contributed by atoms with E-state index in [1.807, 2.05) is 0 Å². The molecule has 1 saturated heterocycles. The SMILES string of the molecule is CCC(=O)N1CCN(c2ccc(C#N)c(C(F)(F)F)c2)CC1C(=O)NCCOC. The van der Waals surface area contributed by atoms with Gasteiger partial charge in [0.25, 0.3) is 0 Å². The molecule has 1 atom stereocenters. The molecule has 1 unspecified atom stereocenters. The molecular weight excluding hydrogens is 389 g/mol. The fourth-order valence-corrected chi connectivity index (χ4v) is 3.20. The number of hydrogen-bond donors (Lipinski definition) is 1. The Kier molecular flexibility index (Phi) is 7.45. The second-order valence-electron chi connectivity index (χ2n) is 6.53. The number of methoxy groups -OCH3 is 1.